The van der Waals surface area contributed by atoms with Crippen LogP contribution in [0.2, 0.25) is 0 Å². The monoisotopic (exact) mass is 286 g/mol. The summed E-state index contributed by atoms with van der Waals surface area (Å²) < 4.78 is 0. The van der Waals surface area contributed by atoms with Gasteiger partial charge in [-0.1, -0.05) is 24.3 Å². The molecule has 4 nitrogen and oxygen atoms in total. The molecule has 0 saturated heterocycles. The van der Waals surface area contributed by atoms with Gasteiger partial charge in [0.05, 0.1) is 22.6 Å². The third-order valence-electron chi connectivity index (χ3n) is 3.15. The molecule has 1 heterocycles. The van der Waals surface area contributed by atoms with Crippen molar-refractivity contribution >= 4 is 40.5 Å². The van der Waals surface area contributed by atoms with Crippen LogP contribution in [0.3, 0.4) is 0 Å². The fourth-order valence-electron chi connectivity index (χ4n) is 2.28. The summed E-state index contributed by atoms with van der Waals surface area (Å²) in [6.45, 7) is 0. The lowest BCUT2D eigenvalue weighted by atomic mass is 10.1. The van der Waals surface area contributed by atoms with Gasteiger partial charge in [0.25, 0.3) is 5.91 Å². The molecule has 20 heavy (non-hydrogen) atoms. The van der Waals surface area contributed by atoms with Crippen LogP contribution in [0.5, 0.6) is 0 Å². The van der Waals surface area contributed by atoms with Crippen LogP contribution in [0.4, 0.5) is 17.1 Å². The minimum atomic E-state index is -0.275. The first-order valence-electron chi connectivity index (χ1n) is 6.10. The van der Waals surface area contributed by atoms with Crippen LogP contribution in [0, 0.1) is 0 Å². The Morgan fingerprint density at radius 1 is 1.05 bits per heavy atom. The Labute approximate surface area is 121 Å². The lowest BCUT2D eigenvalue weighted by molar-refractivity contribution is -0.115. The van der Waals surface area contributed by atoms with E-state index in [2.05, 4.69) is 5.32 Å². The molecule has 2 amide bonds. The normalized spacial score (nSPS) is 13.1. The van der Waals surface area contributed by atoms with Crippen molar-refractivity contribution in [2.45, 2.75) is 0 Å². The Morgan fingerprint density at radius 3 is 2.45 bits per heavy atom. The van der Waals surface area contributed by atoms with Crippen molar-refractivity contribution in [2.24, 2.45) is 0 Å². The molecule has 2 aromatic rings. The SMILES string of the molecule is O=C1Nc2ccccc2N(C(=O)CCl)c2ccccc21. The van der Waals surface area contributed by atoms with Gasteiger partial charge in [-0.2, -0.15) is 0 Å². The van der Waals surface area contributed by atoms with E-state index >= 15 is 0 Å². The number of fused-ring (bicyclic) bond motifs is 2. The van der Waals surface area contributed by atoms with E-state index < -0.39 is 0 Å². The van der Waals surface area contributed by atoms with Crippen molar-refractivity contribution in [1.82, 2.24) is 0 Å². The molecule has 3 rings (SSSR count). The number of carbonyl (C=O) groups excluding carboxylic acids is 2. The molecule has 0 fully saturated rings. The van der Waals surface area contributed by atoms with E-state index in [0.717, 1.165) is 0 Å². The second-order valence-corrected chi connectivity index (χ2v) is 4.62. The minimum absolute atomic E-state index is 0.156. The van der Waals surface area contributed by atoms with Gasteiger partial charge in [-0.3, -0.25) is 14.5 Å². The van der Waals surface area contributed by atoms with Crippen LogP contribution in [0.15, 0.2) is 48.5 Å². The average Bonchev–Trinajstić information content (AvgIpc) is 2.61. The molecular formula is C15H11ClN2O2. The van der Waals surface area contributed by atoms with E-state index in [9.17, 15) is 9.59 Å². The van der Waals surface area contributed by atoms with E-state index in [1.807, 2.05) is 6.07 Å². The van der Waals surface area contributed by atoms with E-state index in [1.165, 1.54) is 4.90 Å². The maximum Gasteiger partial charge on any atom is 0.257 e. The molecule has 2 aromatic carbocycles. The zero-order valence-corrected chi connectivity index (χ0v) is 11.2. The summed E-state index contributed by atoms with van der Waals surface area (Å²) >= 11 is 5.71. The number of halogens is 1. The number of alkyl halides is 1. The molecule has 0 saturated carbocycles. The zero-order valence-electron chi connectivity index (χ0n) is 10.5. The Bertz CT molecular complexity index is 700. The molecule has 5 heteroatoms. The molecule has 1 aliphatic rings. The highest BCUT2D eigenvalue weighted by atomic mass is 35.5. The van der Waals surface area contributed by atoms with Gasteiger partial charge in [-0.05, 0) is 24.3 Å². The van der Waals surface area contributed by atoms with Crippen molar-refractivity contribution in [3.05, 3.63) is 54.1 Å². The number of amides is 2. The third kappa shape index (κ3) is 1.94. The van der Waals surface area contributed by atoms with Crippen molar-refractivity contribution in [3.63, 3.8) is 0 Å². The Hall–Kier alpha value is -2.33. The number of hydrogen-bond acceptors (Lipinski definition) is 2. The van der Waals surface area contributed by atoms with Gasteiger partial charge in [0.2, 0.25) is 5.91 Å². The van der Waals surface area contributed by atoms with Crippen LogP contribution in [-0.2, 0) is 4.79 Å². The van der Waals surface area contributed by atoms with Gasteiger partial charge in [0.1, 0.15) is 5.88 Å². The van der Waals surface area contributed by atoms with Crippen LogP contribution in [-0.4, -0.2) is 17.7 Å². The van der Waals surface area contributed by atoms with E-state index in [4.69, 9.17) is 11.6 Å². The maximum absolute atomic E-state index is 12.2. The average molecular weight is 287 g/mol. The lowest BCUT2D eigenvalue weighted by Gasteiger charge is -2.22. The topological polar surface area (TPSA) is 49.4 Å². The van der Waals surface area contributed by atoms with E-state index in [1.54, 1.807) is 42.5 Å². The highest BCUT2D eigenvalue weighted by Crippen LogP contribution is 2.37. The lowest BCUT2D eigenvalue weighted by Crippen LogP contribution is -2.27. The minimum Gasteiger partial charge on any atom is -0.320 e. The van der Waals surface area contributed by atoms with E-state index in [0.29, 0.717) is 22.6 Å². The Kier molecular flexibility index (Phi) is 3.16. The maximum atomic E-state index is 12.2. The third-order valence-corrected chi connectivity index (χ3v) is 3.38. The van der Waals surface area contributed by atoms with Crippen LogP contribution < -0.4 is 10.2 Å². The van der Waals surface area contributed by atoms with Crippen molar-refractivity contribution < 1.29 is 9.59 Å². The summed E-state index contributed by atoms with van der Waals surface area (Å²) in [4.78, 5) is 25.9. The quantitative estimate of drug-likeness (QED) is 0.819. The van der Waals surface area contributed by atoms with E-state index in [-0.39, 0.29) is 17.7 Å². The predicted molar refractivity (Wildman–Crippen MR) is 78.7 cm³/mol. The molecule has 0 radical (unpaired) electrons. The molecule has 100 valence electrons. The number of nitrogens with zero attached hydrogens (tertiary/aromatic N) is 1. The first-order valence-corrected chi connectivity index (χ1v) is 6.64. The standard InChI is InChI=1S/C15H11ClN2O2/c16-9-14(19)18-12-7-3-1-5-10(12)15(20)17-11-6-2-4-8-13(11)18/h1-8H,9H2,(H,17,20). The van der Waals surface area contributed by atoms with Gasteiger partial charge in [-0.25, -0.2) is 0 Å². The molecule has 1 aliphatic heterocycles. The first-order chi connectivity index (χ1) is 9.72. The second-order valence-electron chi connectivity index (χ2n) is 4.35. The molecule has 0 atom stereocenters. The molecule has 1 N–H and O–H groups in total. The number of hydrogen-bond donors (Lipinski definition) is 1. The van der Waals surface area contributed by atoms with Crippen LogP contribution in [0.1, 0.15) is 10.4 Å². The number of anilines is 3. The number of carbonyl (C=O) groups is 2. The molecule has 0 aliphatic carbocycles. The number of rotatable bonds is 1. The summed E-state index contributed by atoms with van der Waals surface area (Å²) in [6, 6.07) is 14.1. The smallest absolute Gasteiger partial charge is 0.257 e. The summed E-state index contributed by atoms with van der Waals surface area (Å²) in [5.74, 6) is -0.669. The van der Waals surface area contributed by atoms with Gasteiger partial charge >= 0.3 is 0 Å². The summed E-state index contributed by atoms with van der Waals surface area (Å²) in [7, 11) is 0. The van der Waals surface area contributed by atoms with Crippen molar-refractivity contribution in [1.29, 1.82) is 0 Å². The molecule has 0 unspecified atom stereocenters. The summed E-state index contributed by atoms with van der Waals surface area (Å²) in [6.07, 6.45) is 0. The zero-order chi connectivity index (χ0) is 14.1. The highest BCUT2D eigenvalue weighted by Gasteiger charge is 2.28. The van der Waals surface area contributed by atoms with Crippen molar-refractivity contribution in [2.75, 3.05) is 16.1 Å². The van der Waals surface area contributed by atoms with Crippen molar-refractivity contribution in [3.8, 4) is 0 Å². The van der Waals surface area contributed by atoms with Gasteiger partial charge in [0, 0.05) is 0 Å². The molecule has 0 aromatic heterocycles. The van der Waals surface area contributed by atoms with Crippen LogP contribution in [0.25, 0.3) is 0 Å². The largest absolute Gasteiger partial charge is 0.320 e. The van der Waals surface area contributed by atoms with Crippen LogP contribution >= 0.6 is 11.6 Å². The number of benzene rings is 2. The molecule has 0 spiro atoms. The highest BCUT2D eigenvalue weighted by molar-refractivity contribution is 6.31. The number of para-hydroxylation sites is 3. The Morgan fingerprint density at radius 2 is 1.70 bits per heavy atom. The van der Waals surface area contributed by atoms with Gasteiger partial charge < -0.3 is 5.32 Å². The second kappa shape index (κ2) is 4.98. The van der Waals surface area contributed by atoms with Gasteiger partial charge in [0.15, 0.2) is 0 Å². The fourth-order valence-corrected chi connectivity index (χ4v) is 2.40. The Balaban J connectivity index is 2.29. The summed E-state index contributed by atoms with van der Waals surface area (Å²) in [5, 5.41) is 2.81. The predicted octanol–water partition coefficient (Wildman–Crippen LogP) is 3.16. The molecule has 0 bridgehead atoms. The number of nitrogens with one attached hydrogen (secondary N) is 1. The summed E-state index contributed by atoms with van der Waals surface area (Å²) in [5.41, 5.74) is 2.20. The van der Waals surface area contributed by atoms with Gasteiger partial charge in [-0.15, -0.1) is 11.6 Å². The first kappa shape index (κ1) is 12.7. The fraction of sp³-hybridized carbons (Fsp3) is 0.0667. The molecular weight excluding hydrogens is 276 g/mol.